The molecule has 46 heavy (non-hydrogen) atoms. The van der Waals surface area contributed by atoms with Gasteiger partial charge < -0.3 is 18.9 Å². The molecule has 0 aliphatic rings. The predicted molar refractivity (Wildman–Crippen MR) is 161 cm³/mol. The summed E-state index contributed by atoms with van der Waals surface area (Å²) in [5.74, 6) is -1.84. The summed E-state index contributed by atoms with van der Waals surface area (Å²) in [5, 5.41) is 2.80. The van der Waals surface area contributed by atoms with Crippen LogP contribution in [0.25, 0.3) is 56.1 Å². The normalized spacial score (nSPS) is 12.1. The number of aromatic nitrogens is 2. The molecule has 236 valence electrons. The molecule has 0 saturated heterocycles. The van der Waals surface area contributed by atoms with Crippen molar-refractivity contribution >= 4 is 43.8 Å². The number of fused-ring (bicyclic) bond motifs is 2. The number of nitrogens with zero attached hydrogens (tertiary/aromatic N) is 3. The van der Waals surface area contributed by atoms with Crippen molar-refractivity contribution in [2.75, 3.05) is 24.7 Å². The van der Waals surface area contributed by atoms with E-state index < -0.39 is 33.9 Å². The van der Waals surface area contributed by atoms with E-state index in [1.807, 2.05) is 0 Å². The number of nitrogens with one attached hydrogen (secondary N) is 1. The first kappa shape index (κ1) is 30.6. The van der Waals surface area contributed by atoms with Crippen LogP contribution in [0.15, 0.2) is 81.8 Å². The maximum absolute atomic E-state index is 13.7. The number of ether oxygens (including phenoxy) is 1. The van der Waals surface area contributed by atoms with Crippen molar-refractivity contribution < 1.29 is 44.3 Å². The molecule has 1 amide bonds. The lowest BCUT2D eigenvalue weighted by Gasteiger charge is -2.21. The summed E-state index contributed by atoms with van der Waals surface area (Å²) in [7, 11) is -1.19. The van der Waals surface area contributed by atoms with Crippen LogP contribution in [0.1, 0.15) is 10.4 Å². The minimum Gasteiger partial charge on any atom is -0.455 e. The Hall–Kier alpha value is -5.44. The highest BCUT2D eigenvalue weighted by atomic mass is 32.2. The summed E-state index contributed by atoms with van der Waals surface area (Å²) < 4.78 is 96.5. The number of furan rings is 1. The first-order valence-electron chi connectivity index (χ1n) is 13.4. The van der Waals surface area contributed by atoms with Crippen molar-refractivity contribution in [3.8, 4) is 39.7 Å². The van der Waals surface area contributed by atoms with Gasteiger partial charge in [-0.3, -0.25) is 9.10 Å². The molecule has 3 aromatic carbocycles. The Labute approximate surface area is 258 Å². The molecule has 0 aliphatic carbocycles. The van der Waals surface area contributed by atoms with Gasteiger partial charge in [-0.25, -0.2) is 22.8 Å². The number of hydrogen-bond acceptors (Lipinski definition) is 8. The average Bonchev–Trinajstić information content (AvgIpc) is 3.60. The number of halogens is 4. The molecule has 0 fully saturated rings. The van der Waals surface area contributed by atoms with Crippen LogP contribution < -0.4 is 14.4 Å². The molecule has 6 rings (SSSR count). The zero-order chi connectivity index (χ0) is 33.0. The number of sulfonamides is 1. The lowest BCUT2D eigenvalue weighted by molar-refractivity contribution is -0.274. The van der Waals surface area contributed by atoms with Gasteiger partial charge in [-0.2, -0.15) is 0 Å². The van der Waals surface area contributed by atoms with Crippen molar-refractivity contribution in [1.82, 2.24) is 15.3 Å². The van der Waals surface area contributed by atoms with Crippen molar-refractivity contribution in [1.29, 1.82) is 0 Å². The summed E-state index contributed by atoms with van der Waals surface area (Å²) in [6.07, 6.45) is -2.66. The molecule has 0 spiro atoms. The van der Waals surface area contributed by atoms with Gasteiger partial charge in [0, 0.05) is 42.9 Å². The monoisotopic (exact) mass is 654 g/mol. The summed E-state index contributed by atoms with van der Waals surface area (Å²) in [5.41, 5.74) is 1.21. The third-order valence-electron chi connectivity index (χ3n) is 7.12. The van der Waals surface area contributed by atoms with Gasteiger partial charge in [-0.05, 0) is 60.2 Å². The molecule has 15 heteroatoms. The number of oxazole rings is 1. The lowest BCUT2D eigenvalue weighted by Crippen LogP contribution is -2.25. The Morgan fingerprint density at radius 3 is 2.35 bits per heavy atom. The Morgan fingerprint density at radius 1 is 0.978 bits per heavy atom. The number of pyridine rings is 1. The molecular formula is C31H22F4N4O6S. The SMILES string of the molecule is CNC(=O)c1c(-c2ccc(F)cc2)oc2cc(N(C)S(C)(=O)=O)c(-c3ccc(OC(F)(F)F)c(-c4nc5cccnc5o4)c3)cc12. The number of carbonyl (C=O) groups is 1. The van der Waals surface area contributed by atoms with Gasteiger partial charge in [-0.15, -0.1) is 13.2 Å². The molecule has 0 saturated carbocycles. The van der Waals surface area contributed by atoms with Gasteiger partial charge in [0.25, 0.3) is 5.91 Å². The topological polar surface area (TPSA) is 128 Å². The lowest BCUT2D eigenvalue weighted by atomic mass is 9.97. The smallest absolute Gasteiger partial charge is 0.455 e. The summed E-state index contributed by atoms with van der Waals surface area (Å²) in [4.78, 5) is 21.5. The molecule has 0 bridgehead atoms. The van der Waals surface area contributed by atoms with E-state index in [9.17, 15) is 30.8 Å². The van der Waals surface area contributed by atoms with E-state index in [2.05, 4.69) is 20.0 Å². The molecule has 3 heterocycles. The van der Waals surface area contributed by atoms with E-state index in [1.54, 1.807) is 12.1 Å². The van der Waals surface area contributed by atoms with Gasteiger partial charge in [0.1, 0.15) is 28.4 Å². The summed E-state index contributed by atoms with van der Waals surface area (Å²) in [6.45, 7) is 0. The van der Waals surface area contributed by atoms with Gasteiger partial charge >= 0.3 is 6.36 Å². The number of benzene rings is 3. The minimum atomic E-state index is -5.06. The molecule has 0 radical (unpaired) electrons. The fourth-order valence-electron chi connectivity index (χ4n) is 4.92. The maximum Gasteiger partial charge on any atom is 0.573 e. The van der Waals surface area contributed by atoms with Crippen LogP contribution in [0.2, 0.25) is 0 Å². The van der Waals surface area contributed by atoms with Crippen LogP contribution in [-0.4, -0.2) is 51.0 Å². The number of rotatable bonds is 7. The fourth-order valence-corrected chi connectivity index (χ4v) is 5.43. The third kappa shape index (κ3) is 5.72. The summed E-state index contributed by atoms with van der Waals surface area (Å²) >= 11 is 0. The highest BCUT2D eigenvalue weighted by Crippen LogP contribution is 2.44. The largest absolute Gasteiger partial charge is 0.573 e. The minimum absolute atomic E-state index is 0.0705. The number of hydrogen-bond donors (Lipinski definition) is 1. The van der Waals surface area contributed by atoms with Crippen molar-refractivity contribution in [2.24, 2.45) is 0 Å². The van der Waals surface area contributed by atoms with Gasteiger partial charge in [0.15, 0.2) is 0 Å². The zero-order valence-electron chi connectivity index (χ0n) is 24.1. The fraction of sp³-hybridized carbons (Fsp3) is 0.129. The molecule has 3 aromatic heterocycles. The Kier molecular flexibility index (Phi) is 7.43. The molecule has 10 nitrogen and oxygen atoms in total. The van der Waals surface area contributed by atoms with Crippen LogP contribution in [0, 0.1) is 5.82 Å². The molecule has 6 aromatic rings. The van der Waals surface area contributed by atoms with Crippen LogP contribution in [-0.2, 0) is 10.0 Å². The number of amides is 1. The third-order valence-corrected chi connectivity index (χ3v) is 8.31. The predicted octanol–water partition coefficient (Wildman–Crippen LogP) is 6.76. The van der Waals surface area contributed by atoms with Gasteiger partial charge in [0.2, 0.25) is 21.6 Å². The quantitative estimate of drug-likeness (QED) is 0.187. The molecule has 0 atom stereocenters. The second kappa shape index (κ2) is 11.2. The number of anilines is 1. The first-order chi connectivity index (χ1) is 21.7. The van der Waals surface area contributed by atoms with E-state index in [1.165, 1.54) is 68.8 Å². The second-order valence-corrected chi connectivity index (χ2v) is 12.1. The van der Waals surface area contributed by atoms with Crippen LogP contribution >= 0.6 is 0 Å². The van der Waals surface area contributed by atoms with E-state index in [0.717, 1.165) is 16.6 Å². The highest BCUT2D eigenvalue weighted by molar-refractivity contribution is 7.92. The standard InChI is InChI=1S/C31H22F4N4O6S/c1-36-28(40)26-20-14-19(23(39(2)46(3,41)42)15-25(20)43-27(26)16-6-9-18(32)10-7-16)17-8-11-24(45-31(33,34)35)21(13-17)29-38-22-5-4-12-37-30(22)44-29/h4-15H,1-3H3,(H,36,40). The van der Waals surface area contributed by atoms with E-state index in [0.29, 0.717) is 5.56 Å². The molecular weight excluding hydrogens is 632 g/mol. The highest BCUT2D eigenvalue weighted by Gasteiger charge is 2.33. The van der Waals surface area contributed by atoms with E-state index in [4.69, 9.17) is 8.83 Å². The molecule has 0 unspecified atom stereocenters. The van der Waals surface area contributed by atoms with Gasteiger partial charge in [0.05, 0.1) is 23.1 Å². The summed E-state index contributed by atoms with van der Waals surface area (Å²) in [6, 6.07) is 14.9. The Morgan fingerprint density at radius 2 is 1.70 bits per heavy atom. The van der Waals surface area contributed by atoms with Crippen molar-refractivity contribution in [3.05, 3.63) is 84.3 Å². The Bertz CT molecular complexity index is 2210. The van der Waals surface area contributed by atoms with Gasteiger partial charge in [-0.1, -0.05) is 6.07 Å². The molecule has 0 aliphatic heterocycles. The van der Waals surface area contributed by atoms with Crippen LogP contribution in [0.5, 0.6) is 5.75 Å². The second-order valence-electron chi connectivity index (χ2n) is 10.1. The maximum atomic E-state index is 13.7. The first-order valence-corrected chi connectivity index (χ1v) is 15.2. The number of carbonyl (C=O) groups excluding carboxylic acids is 1. The molecule has 1 N–H and O–H groups in total. The van der Waals surface area contributed by atoms with E-state index in [-0.39, 0.29) is 61.8 Å². The van der Waals surface area contributed by atoms with Crippen LogP contribution in [0.3, 0.4) is 0 Å². The average molecular weight is 655 g/mol. The van der Waals surface area contributed by atoms with Crippen molar-refractivity contribution in [3.63, 3.8) is 0 Å². The van der Waals surface area contributed by atoms with Crippen molar-refractivity contribution in [2.45, 2.75) is 6.36 Å². The number of alkyl halides is 3. The van der Waals surface area contributed by atoms with Crippen LogP contribution in [0.4, 0.5) is 23.2 Å². The zero-order valence-corrected chi connectivity index (χ0v) is 25.0. The Balaban J connectivity index is 1.64. The van der Waals surface area contributed by atoms with E-state index >= 15 is 0 Å².